The third-order valence-corrected chi connectivity index (χ3v) is 3.69. The zero-order valence-corrected chi connectivity index (χ0v) is 9.71. The first kappa shape index (κ1) is 12.2. The number of sulfonamides is 1. The van der Waals surface area contributed by atoms with Crippen molar-refractivity contribution in [2.75, 3.05) is 6.54 Å². The maximum Gasteiger partial charge on any atom is 0.241 e. The molecule has 0 aliphatic carbocycles. The van der Waals surface area contributed by atoms with Crippen molar-refractivity contribution in [3.05, 3.63) is 30.3 Å². The summed E-state index contributed by atoms with van der Waals surface area (Å²) in [6.07, 6.45) is 0. The molecule has 0 bridgehead atoms. The highest BCUT2D eigenvalue weighted by Gasteiger charge is 2.24. The summed E-state index contributed by atoms with van der Waals surface area (Å²) >= 11 is 0. The van der Waals surface area contributed by atoms with Crippen LogP contribution in [0.5, 0.6) is 0 Å². The van der Waals surface area contributed by atoms with Crippen LogP contribution in [-0.2, 0) is 10.0 Å². The lowest BCUT2D eigenvalue weighted by molar-refractivity contribution is 0.462. The van der Waals surface area contributed by atoms with E-state index < -0.39 is 15.6 Å². The average molecular weight is 228 g/mol. The molecule has 0 spiro atoms. The Morgan fingerprint density at radius 3 is 2.27 bits per heavy atom. The summed E-state index contributed by atoms with van der Waals surface area (Å²) in [5, 5.41) is 0. The quantitative estimate of drug-likeness (QED) is 0.797. The van der Waals surface area contributed by atoms with Crippen LogP contribution >= 0.6 is 0 Å². The monoisotopic (exact) mass is 228 g/mol. The van der Waals surface area contributed by atoms with Gasteiger partial charge in [0.15, 0.2) is 0 Å². The summed E-state index contributed by atoms with van der Waals surface area (Å²) in [6, 6.07) is 8.24. The van der Waals surface area contributed by atoms with E-state index in [2.05, 4.69) is 4.72 Å². The molecule has 1 aromatic carbocycles. The van der Waals surface area contributed by atoms with Gasteiger partial charge in [-0.2, -0.15) is 0 Å². The van der Waals surface area contributed by atoms with Crippen LogP contribution in [0.25, 0.3) is 0 Å². The number of hydrogen-bond acceptors (Lipinski definition) is 3. The Balaban J connectivity index is 2.96. The Kier molecular flexibility index (Phi) is 3.49. The van der Waals surface area contributed by atoms with Crippen LogP contribution in [0.15, 0.2) is 35.2 Å². The summed E-state index contributed by atoms with van der Waals surface area (Å²) in [6.45, 7) is 3.74. The minimum absolute atomic E-state index is 0.249. The molecule has 0 aliphatic heterocycles. The third-order valence-electron chi connectivity index (χ3n) is 1.97. The molecule has 1 rings (SSSR count). The van der Waals surface area contributed by atoms with Gasteiger partial charge in [-0.3, -0.25) is 0 Å². The third kappa shape index (κ3) is 3.30. The van der Waals surface area contributed by atoms with Crippen LogP contribution in [0.4, 0.5) is 0 Å². The normalized spacial score (nSPS) is 12.7. The molecular weight excluding hydrogens is 212 g/mol. The Morgan fingerprint density at radius 1 is 1.27 bits per heavy atom. The lowest BCUT2D eigenvalue weighted by Gasteiger charge is -2.23. The molecule has 0 saturated carbocycles. The second-order valence-electron chi connectivity index (χ2n) is 4.01. The summed E-state index contributed by atoms with van der Waals surface area (Å²) in [7, 11) is -3.46. The Labute approximate surface area is 90.5 Å². The molecular formula is C10H16N2O2S. The van der Waals surface area contributed by atoms with Crippen LogP contribution in [-0.4, -0.2) is 20.5 Å². The molecule has 0 heterocycles. The van der Waals surface area contributed by atoms with Gasteiger partial charge in [0.1, 0.15) is 0 Å². The molecule has 0 radical (unpaired) electrons. The summed E-state index contributed by atoms with van der Waals surface area (Å²) in [5.74, 6) is 0. The van der Waals surface area contributed by atoms with Gasteiger partial charge in [-0.05, 0) is 26.0 Å². The van der Waals surface area contributed by atoms with Gasteiger partial charge >= 0.3 is 0 Å². The molecule has 0 atom stereocenters. The van der Waals surface area contributed by atoms with Gasteiger partial charge in [-0.1, -0.05) is 18.2 Å². The first-order chi connectivity index (χ1) is 6.87. The average Bonchev–Trinajstić information content (AvgIpc) is 2.18. The van der Waals surface area contributed by atoms with Gasteiger partial charge < -0.3 is 5.73 Å². The molecule has 4 nitrogen and oxygen atoms in total. The van der Waals surface area contributed by atoms with Crippen LogP contribution in [0.3, 0.4) is 0 Å². The molecule has 3 N–H and O–H groups in total. The molecule has 0 amide bonds. The van der Waals surface area contributed by atoms with E-state index in [9.17, 15) is 8.42 Å². The zero-order chi connectivity index (χ0) is 11.5. The fourth-order valence-corrected chi connectivity index (χ4v) is 2.51. The molecule has 0 fully saturated rings. The van der Waals surface area contributed by atoms with E-state index in [1.807, 2.05) is 0 Å². The molecule has 1 aromatic rings. The van der Waals surface area contributed by atoms with Gasteiger partial charge in [-0.15, -0.1) is 0 Å². The number of nitrogens with two attached hydrogens (primary N) is 1. The Morgan fingerprint density at radius 2 is 1.80 bits per heavy atom. The Bertz CT molecular complexity index is 412. The number of rotatable bonds is 4. The standard InChI is InChI=1S/C10H16N2O2S/c1-10(2,8-11)12-15(13,14)9-6-4-3-5-7-9/h3-7,12H,8,11H2,1-2H3. The van der Waals surface area contributed by atoms with Gasteiger partial charge in [0.25, 0.3) is 0 Å². The van der Waals surface area contributed by atoms with E-state index >= 15 is 0 Å². The van der Waals surface area contributed by atoms with E-state index in [1.165, 1.54) is 0 Å². The number of benzene rings is 1. The number of nitrogens with one attached hydrogen (secondary N) is 1. The van der Waals surface area contributed by atoms with Crippen molar-refractivity contribution >= 4 is 10.0 Å². The minimum atomic E-state index is -3.46. The van der Waals surface area contributed by atoms with Gasteiger partial charge in [-0.25, -0.2) is 13.1 Å². The van der Waals surface area contributed by atoms with Gasteiger partial charge in [0.05, 0.1) is 4.90 Å². The van der Waals surface area contributed by atoms with Crippen LogP contribution in [0.1, 0.15) is 13.8 Å². The first-order valence-corrected chi connectivity index (χ1v) is 6.15. The minimum Gasteiger partial charge on any atom is -0.329 e. The van der Waals surface area contributed by atoms with Crippen molar-refractivity contribution in [2.24, 2.45) is 5.73 Å². The molecule has 15 heavy (non-hydrogen) atoms. The lowest BCUT2D eigenvalue weighted by Crippen LogP contribution is -2.48. The van der Waals surface area contributed by atoms with Crippen molar-refractivity contribution in [1.29, 1.82) is 0 Å². The van der Waals surface area contributed by atoms with Crippen molar-refractivity contribution in [3.63, 3.8) is 0 Å². The van der Waals surface area contributed by atoms with E-state index in [0.717, 1.165) is 0 Å². The molecule has 0 saturated heterocycles. The van der Waals surface area contributed by atoms with Gasteiger partial charge in [0.2, 0.25) is 10.0 Å². The summed E-state index contributed by atoms with van der Waals surface area (Å²) < 4.78 is 26.2. The second-order valence-corrected chi connectivity index (χ2v) is 5.69. The van der Waals surface area contributed by atoms with Crippen molar-refractivity contribution < 1.29 is 8.42 Å². The largest absolute Gasteiger partial charge is 0.329 e. The first-order valence-electron chi connectivity index (χ1n) is 4.66. The maximum absolute atomic E-state index is 11.8. The second kappa shape index (κ2) is 4.30. The fraction of sp³-hybridized carbons (Fsp3) is 0.400. The smallest absolute Gasteiger partial charge is 0.241 e. The van der Waals surface area contributed by atoms with E-state index in [4.69, 9.17) is 5.73 Å². The van der Waals surface area contributed by atoms with Crippen LogP contribution in [0.2, 0.25) is 0 Å². The Hall–Kier alpha value is -0.910. The molecule has 0 aromatic heterocycles. The van der Waals surface area contributed by atoms with Crippen LogP contribution < -0.4 is 10.5 Å². The van der Waals surface area contributed by atoms with E-state index in [0.29, 0.717) is 0 Å². The van der Waals surface area contributed by atoms with Crippen molar-refractivity contribution in [3.8, 4) is 0 Å². The SMILES string of the molecule is CC(C)(CN)NS(=O)(=O)c1ccccc1. The van der Waals surface area contributed by atoms with Gasteiger partial charge in [0, 0.05) is 12.1 Å². The van der Waals surface area contributed by atoms with Crippen LogP contribution in [0, 0.1) is 0 Å². The molecule has 84 valence electrons. The predicted molar refractivity (Wildman–Crippen MR) is 59.9 cm³/mol. The highest BCUT2D eigenvalue weighted by molar-refractivity contribution is 7.89. The summed E-state index contributed by atoms with van der Waals surface area (Å²) in [4.78, 5) is 0.256. The highest BCUT2D eigenvalue weighted by atomic mass is 32.2. The topological polar surface area (TPSA) is 72.2 Å². The molecule has 0 unspecified atom stereocenters. The highest BCUT2D eigenvalue weighted by Crippen LogP contribution is 2.11. The maximum atomic E-state index is 11.8. The van der Waals surface area contributed by atoms with Crippen molar-refractivity contribution in [2.45, 2.75) is 24.3 Å². The lowest BCUT2D eigenvalue weighted by atomic mass is 10.1. The summed E-state index contributed by atoms with van der Waals surface area (Å²) in [5.41, 5.74) is 4.83. The molecule has 5 heteroatoms. The van der Waals surface area contributed by atoms with E-state index in [-0.39, 0.29) is 11.4 Å². The zero-order valence-electron chi connectivity index (χ0n) is 8.90. The predicted octanol–water partition coefficient (Wildman–Crippen LogP) is 0.702. The molecule has 0 aliphatic rings. The van der Waals surface area contributed by atoms with Crippen molar-refractivity contribution in [1.82, 2.24) is 4.72 Å². The number of hydrogen-bond donors (Lipinski definition) is 2. The van der Waals surface area contributed by atoms with E-state index in [1.54, 1.807) is 44.2 Å². The fourth-order valence-electron chi connectivity index (χ4n) is 1.06.